The maximum Gasteiger partial charge on any atom is 0.451 e. The minimum absolute atomic E-state index is 0.0610. The summed E-state index contributed by atoms with van der Waals surface area (Å²) in [5.74, 6) is -1.34. The van der Waals surface area contributed by atoms with Gasteiger partial charge < -0.3 is 19.5 Å². The Morgan fingerprint density at radius 3 is 2.11 bits per heavy atom. The minimum atomic E-state index is -4.81. The van der Waals surface area contributed by atoms with Gasteiger partial charge in [-0.3, -0.25) is 0 Å². The zero-order chi connectivity index (χ0) is 25.2. The summed E-state index contributed by atoms with van der Waals surface area (Å²) >= 11 is -2.06. The fourth-order valence-corrected chi connectivity index (χ4v) is 4.37. The van der Waals surface area contributed by atoms with Crippen LogP contribution in [0.2, 0.25) is 0 Å². The van der Waals surface area contributed by atoms with E-state index >= 15 is 0 Å². The number of nitrogens with zero attached hydrogens (tertiary/aromatic N) is 4. The normalized spacial score (nSPS) is 15.2. The second-order valence-electron chi connectivity index (χ2n) is 7.88. The van der Waals surface area contributed by atoms with Crippen molar-refractivity contribution in [3.63, 3.8) is 0 Å². The lowest BCUT2D eigenvalue weighted by atomic mass is 9.98. The van der Waals surface area contributed by atoms with Crippen molar-refractivity contribution in [3.05, 3.63) is 66.0 Å². The van der Waals surface area contributed by atoms with Crippen molar-refractivity contribution in [1.82, 2.24) is 14.9 Å². The van der Waals surface area contributed by atoms with Gasteiger partial charge in [0, 0.05) is 31.7 Å². The highest BCUT2D eigenvalue weighted by atomic mass is 32.2. The molecule has 184 valence electrons. The number of amides is 1. The van der Waals surface area contributed by atoms with Crippen molar-refractivity contribution in [2.75, 3.05) is 31.1 Å². The van der Waals surface area contributed by atoms with E-state index in [1.165, 1.54) is 4.90 Å². The van der Waals surface area contributed by atoms with Crippen molar-refractivity contribution in [2.45, 2.75) is 11.9 Å². The molecule has 2 aromatic carbocycles. The molecule has 1 fully saturated rings. The summed E-state index contributed by atoms with van der Waals surface area (Å²) in [6.45, 7) is 0.580. The first-order valence-corrected chi connectivity index (χ1v) is 11.9. The first-order chi connectivity index (χ1) is 16.6. The van der Waals surface area contributed by atoms with Crippen molar-refractivity contribution in [3.8, 4) is 22.4 Å². The number of hydrogen-bond donors (Lipinski definition) is 2. The maximum absolute atomic E-state index is 13.8. The first kappa shape index (κ1) is 24.6. The molecule has 0 bridgehead atoms. The van der Waals surface area contributed by atoms with Crippen LogP contribution in [-0.2, 0) is 23.0 Å². The number of aromatic nitrogens is 2. The van der Waals surface area contributed by atoms with Crippen LogP contribution >= 0.6 is 0 Å². The Morgan fingerprint density at radius 1 is 0.943 bits per heavy atom. The van der Waals surface area contributed by atoms with E-state index in [0.29, 0.717) is 22.3 Å². The van der Waals surface area contributed by atoms with Gasteiger partial charge in [-0.25, -0.2) is 19.0 Å². The highest BCUT2D eigenvalue weighted by molar-refractivity contribution is 7.78. The summed E-state index contributed by atoms with van der Waals surface area (Å²) < 4.78 is 61.8. The van der Waals surface area contributed by atoms with E-state index in [0.717, 1.165) is 0 Å². The van der Waals surface area contributed by atoms with Crippen molar-refractivity contribution < 1.29 is 31.8 Å². The number of halogens is 3. The molecular formula is C23H21F3N4O4S. The number of piperazine rings is 1. The molecule has 1 atom stereocenters. The highest BCUT2D eigenvalue weighted by Gasteiger charge is 2.38. The Kier molecular flexibility index (Phi) is 7.03. The monoisotopic (exact) mass is 506 g/mol. The van der Waals surface area contributed by atoms with Crippen molar-refractivity contribution in [2.24, 2.45) is 0 Å². The van der Waals surface area contributed by atoms with Gasteiger partial charge >= 0.3 is 12.3 Å². The SMILES string of the molecule is O=C(O)N1CCN(c2nc(C(F)(F)F)nc(-c3ccc(CS(=O)O)cc3)c2-c2ccccc2)CC1. The van der Waals surface area contributed by atoms with E-state index in [1.807, 2.05) is 0 Å². The molecule has 4 rings (SSSR count). The first-order valence-electron chi connectivity index (χ1n) is 10.6. The summed E-state index contributed by atoms with van der Waals surface area (Å²) in [5, 5.41) is 9.25. The van der Waals surface area contributed by atoms with Crippen LogP contribution in [0.1, 0.15) is 11.4 Å². The molecule has 1 saturated heterocycles. The van der Waals surface area contributed by atoms with Crippen LogP contribution in [0, 0.1) is 0 Å². The summed E-state index contributed by atoms with van der Waals surface area (Å²) in [6, 6.07) is 15.0. The molecule has 0 aliphatic carbocycles. The lowest BCUT2D eigenvalue weighted by Crippen LogP contribution is -2.48. The third-order valence-electron chi connectivity index (χ3n) is 5.57. The van der Waals surface area contributed by atoms with Crippen LogP contribution in [0.4, 0.5) is 23.8 Å². The number of anilines is 1. The number of carbonyl (C=O) groups is 1. The van der Waals surface area contributed by atoms with Gasteiger partial charge in [0.1, 0.15) is 5.82 Å². The van der Waals surface area contributed by atoms with Gasteiger partial charge in [-0.15, -0.1) is 0 Å². The fraction of sp³-hybridized carbons (Fsp3) is 0.261. The van der Waals surface area contributed by atoms with Crippen molar-refractivity contribution >= 4 is 23.0 Å². The van der Waals surface area contributed by atoms with Gasteiger partial charge in [0.15, 0.2) is 11.1 Å². The predicted octanol–water partition coefficient (Wildman–Crippen LogP) is 4.35. The molecule has 0 saturated carbocycles. The van der Waals surface area contributed by atoms with Crippen LogP contribution in [0.15, 0.2) is 54.6 Å². The Labute approximate surface area is 201 Å². The molecule has 1 amide bonds. The third kappa shape index (κ3) is 5.60. The number of carboxylic acid groups (broad SMARTS) is 1. The average Bonchev–Trinajstić information content (AvgIpc) is 2.83. The van der Waals surface area contributed by atoms with Gasteiger partial charge in [0.05, 0.1) is 17.0 Å². The molecule has 2 heterocycles. The third-order valence-corrected chi connectivity index (χ3v) is 6.15. The number of benzene rings is 2. The molecule has 12 heteroatoms. The largest absolute Gasteiger partial charge is 0.465 e. The Hall–Kier alpha value is -3.51. The smallest absolute Gasteiger partial charge is 0.451 e. The average molecular weight is 507 g/mol. The quantitative estimate of drug-likeness (QED) is 0.496. The van der Waals surface area contributed by atoms with E-state index in [1.54, 1.807) is 59.5 Å². The Bertz CT molecular complexity index is 1230. The van der Waals surface area contributed by atoms with Crippen LogP contribution in [0.3, 0.4) is 0 Å². The molecule has 1 aliphatic rings. The molecule has 0 radical (unpaired) electrons. The molecule has 8 nitrogen and oxygen atoms in total. The lowest BCUT2D eigenvalue weighted by molar-refractivity contribution is -0.144. The minimum Gasteiger partial charge on any atom is -0.465 e. The fourth-order valence-electron chi connectivity index (χ4n) is 3.89. The molecular weight excluding hydrogens is 485 g/mol. The lowest BCUT2D eigenvalue weighted by Gasteiger charge is -2.35. The van der Waals surface area contributed by atoms with Crippen molar-refractivity contribution in [1.29, 1.82) is 0 Å². The van der Waals surface area contributed by atoms with E-state index < -0.39 is 29.2 Å². The zero-order valence-corrected chi connectivity index (χ0v) is 19.1. The number of rotatable bonds is 5. The standard InChI is InChI=1S/C23H21F3N4O4S/c24-23(25,26)21-27-19(17-8-6-15(7-9-17)14-35(33)34)18(16-4-2-1-3-5-16)20(28-21)29-10-12-30(13-11-29)22(31)32/h1-9H,10-14H2,(H,31,32)(H,33,34). The zero-order valence-electron chi connectivity index (χ0n) is 18.3. The van der Waals surface area contributed by atoms with E-state index in [2.05, 4.69) is 9.97 Å². The van der Waals surface area contributed by atoms with Gasteiger partial charge in [0.25, 0.3) is 0 Å². The molecule has 3 aromatic rings. The molecule has 35 heavy (non-hydrogen) atoms. The van der Waals surface area contributed by atoms with Gasteiger partial charge in [-0.1, -0.05) is 54.6 Å². The van der Waals surface area contributed by atoms with Crippen LogP contribution in [0.25, 0.3) is 22.4 Å². The molecule has 1 aromatic heterocycles. The van der Waals surface area contributed by atoms with E-state index in [4.69, 9.17) is 4.55 Å². The molecule has 1 unspecified atom stereocenters. The summed E-state index contributed by atoms with van der Waals surface area (Å²) in [6.07, 6.45) is -5.90. The summed E-state index contributed by atoms with van der Waals surface area (Å²) in [4.78, 5) is 22.0. The molecule has 2 N–H and O–H groups in total. The Morgan fingerprint density at radius 2 is 1.57 bits per heavy atom. The van der Waals surface area contributed by atoms with E-state index in [9.17, 15) is 27.3 Å². The second kappa shape index (κ2) is 10.0. The molecule has 0 spiro atoms. The number of hydrogen-bond acceptors (Lipinski definition) is 5. The topological polar surface area (TPSA) is 107 Å². The number of alkyl halides is 3. The highest BCUT2D eigenvalue weighted by Crippen LogP contribution is 2.40. The second-order valence-corrected chi connectivity index (χ2v) is 8.81. The summed E-state index contributed by atoms with van der Waals surface area (Å²) in [5.41, 5.74) is 1.99. The maximum atomic E-state index is 13.8. The predicted molar refractivity (Wildman–Crippen MR) is 124 cm³/mol. The van der Waals surface area contributed by atoms with Gasteiger partial charge in [-0.05, 0) is 11.1 Å². The summed E-state index contributed by atoms with van der Waals surface area (Å²) in [7, 11) is 0. The van der Waals surface area contributed by atoms with Gasteiger partial charge in [0.2, 0.25) is 5.82 Å². The van der Waals surface area contributed by atoms with Crippen LogP contribution < -0.4 is 4.90 Å². The van der Waals surface area contributed by atoms with E-state index in [-0.39, 0.29) is 43.4 Å². The molecule has 1 aliphatic heterocycles. The van der Waals surface area contributed by atoms with Crippen LogP contribution in [0.5, 0.6) is 0 Å². The van der Waals surface area contributed by atoms with Gasteiger partial charge in [-0.2, -0.15) is 13.2 Å². The van der Waals surface area contributed by atoms with Crippen LogP contribution in [-0.4, -0.2) is 61.0 Å². The Balaban J connectivity index is 1.89.